The van der Waals surface area contributed by atoms with Crippen molar-refractivity contribution in [3.8, 4) is 0 Å². The quantitative estimate of drug-likeness (QED) is 0.426. The fourth-order valence-corrected chi connectivity index (χ4v) is 6.08. The molecule has 2 aromatic heterocycles. The van der Waals surface area contributed by atoms with E-state index in [-0.39, 0.29) is 27.9 Å². The van der Waals surface area contributed by atoms with Crippen LogP contribution in [0.3, 0.4) is 0 Å². The molecule has 0 spiro atoms. The fraction of sp³-hybridized carbons (Fsp3) is 0.385. The van der Waals surface area contributed by atoms with Crippen LogP contribution in [0.1, 0.15) is 49.2 Å². The fourth-order valence-electron chi connectivity index (χ4n) is 4.61. The monoisotopic (exact) mass is 510 g/mol. The number of piperidine rings is 1. The maximum atomic E-state index is 14.8. The third kappa shape index (κ3) is 5.79. The van der Waals surface area contributed by atoms with Crippen LogP contribution >= 0.6 is 23.1 Å². The largest absolute Gasteiger partial charge is 0.297 e. The van der Waals surface area contributed by atoms with E-state index in [1.807, 2.05) is 28.4 Å². The Morgan fingerprint density at radius 3 is 2.80 bits per heavy atom. The molecule has 3 aromatic rings. The molecule has 0 N–H and O–H groups in total. The second kappa shape index (κ2) is 10.6. The number of rotatable bonds is 8. The lowest BCUT2D eigenvalue weighted by Crippen LogP contribution is -2.43. The molecule has 3 heterocycles. The molecule has 1 aliphatic carbocycles. The Labute approximate surface area is 212 Å². The number of aromatic nitrogens is 3. The van der Waals surface area contributed by atoms with E-state index >= 15 is 0 Å². The van der Waals surface area contributed by atoms with Crippen molar-refractivity contribution >= 4 is 40.1 Å². The highest BCUT2D eigenvalue weighted by atomic mass is 32.2. The predicted molar refractivity (Wildman–Crippen MR) is 137 cm³/mol. The molecule has 6 nitrogen and oxygen atoms in total. The maximum Gasteiger partial charge on any atom is 0.186 e. The first-order valence-corrected chi connectivity index (χ1v) is 13.6. The van der Waals surface area contributed by atoms with Gasteiger partial charge in [0.1, 0.15) is 5.82 Å². The molecule has 5 rings (SSSR count). The molecule has 2 unspecified atom stereocenters. The van der Waals surface area contributed by atoms with E-state index in [2.05, 4.69) is 15.0 Å². The molecule has 9 heteroatoms. The van der Waals surface area contributed by atoms with Crippen molar-refractivity contribution < 1.29 is 14.0 Å². The SMILES string of the molecule is CC(=O)SC1CCN(C(C(=O)C2CC2)c2ccccc2F)CC1=Cc1ccn(Cc2cscn2)n1. The van der Waals surface area contributed by atoms with Crippen molar-refractivity contribution in [2.75, 3.05) is 13.1 Å². The lowest BCUT2D eigenvalue weighted by atomic mass is 9.93. The standard InChI is InChI=1S/C26H27FN4O2S2/c1-17(32)35-24-9-10-30(25(26(33)18-6-7-18)22-4-2-3-5-23(22)27)13-19(24)12-20-8-11-31(29-20)14-21-15-34-16-28-21/h2-5,8,11-12,15-16,18,24-25H,6-7,9-10,13-14H2,1H3. The highest BCUT2D eigenvalue weighted by Gasteiger charge is 2.41. The van der Waals surface area contributed by atoms with Crippen molar-refractivity contribution in [3.05, 3.63) is 75.8 Å². The lowest BCUT2D eigenvalue weighted by molar-refractivity contribution is -0.126. The number of thioether (sulfide) groups is 1. The Morgan fingerprint density at radius 1 is 1.26 bits per heavy atom. The summed E-state index contributed by atoms with van der Waals surface area (Å²) in [4.78, 5) is 31.7. The van der Waals surface area contributed by atoms with Gasteiger partial charge in [-0.3, -0.25) is 19.2 Å². The molecular weight excluding hydrogens is 483 g/mol. The number of benzene rings is 1. The number of nitrogens with zero attached hydrogens (tertiary/aromatic N) is 4. The van der Waals surface area contributed by atoms with Gasteiger partial charge in [0.05, 0.1) is 29.5 Å². The summed E-state index contributed by atoms with van der Waals surface area (Å²) in [6, 6.07) is 7.91. The van der Waals surface area contributed by atoms with Crippen LogP contribution in [-0.2, 0) is 16.1 Å². The molecule has 1 aromatic carbocycles. The summed E-state index contributed by atoms with van der Waals surface area (Å²) < 4.78 is 16.7. The second-order valence-electron chi connectivity index (χ2n) is 9.10. The smallest absolute Gasteiger partial charge is 0.186 e. The molecule has 0 radical (unpaired) electrons. The summed E-state index contributed by atoms with van der Waals surface area (Å²) in [6.45, 7) is 3.28. The van der Waals surface area contributed by atoms with E-state index < -0.39 is 6.04 Å². The first kappa shape index (κ1) is 24.1. The number of thiazole rings is 1. The van der Waals surface area contributed by atoms with Gasteiger partial charge in [-0.15, -0.1) is 11.3 Å². The first-order valence-electron chi connectivity index (χ1n) is 11.8. The number of carbonyl (C=O) groups excluding carboxylic acids is 2. The van der Waals surface area contributed by atoms with Gasteiger partial charge < -0.3 is 0 Å². The van der Waals surface area contributed by atoms with E-state index in [1.54, 1.807) is 42.0 Å². The van der Waals surface area contributed by atoms with Crippen molar-refractivity contribution in [3.63, 3.8) is 0 Å². The van der Waals surface area contributed by atoms with Gasteiger partial charge in [-0.2, -0.15) is 5.10 Å². The Balaban J connectivity index is 1.43. The van der Waals surface area contributed by atoms with Gasteiger partial charge in [0, 0.05) is 48.3 Å². The van der Waals surface area contributed by atoms with Gasteiger partial charge in [-0.1, -0.05) is 30.0 Å². The average Bonchev–Trinajstić information content (AvgIpc) is 3.39. The number of ketones is 1. The Kier molecular flexibility index (Phi) is 7.27. The zero-order valence-corrected chi connectivity index (χ0v) is 21.1. The minimum absolute atomic E-state index is 0.00439. The number of halogens is 1. The van der Waals surface area contributed by atoms with Gasteiger partial charge in [-0.05, 0) is 43.0 Å². The third-order valence-electron chi connectivity index (χ3n) is 6.40. The van der Waals surface area contributed by atoms with Crippen LogP contribution in [0.15, 0.2) is 53.0 Å². The molecule has 0 bridgehead atoms. The summed E-state index contributed by atoms with van der Waals surface area (Å²) in [5, 5.41) is 6.73. The van der Waals surface area contributed by atoms with Crippen molar-refractivity contribution in [1.82, 2.24) is 19.7 Å². The van der Waals surface area contributed by atoms with Crippen LogP contribution in [-0.4, -0.2) is 48.9 Å². The Morgan fingerprint density at radius 2 is 2.09 bits per heavy atom. The highest BCUT2D eigenvalue weighted by molar-refractivity contribution is 8.14. The van der Waals surface area contributed by atoms with Crippen LogP contribution in [0, 0.1) is 11.7 Å². The number of likely N-dealkylation sites (tertiary alicyclic amines) is 1. The van der Waals surface area contributed by atoms with E-state index in [1.165, 1.54) is 17.8 Å². The van der Waals surface area contributed by atoms with Crippen LogP contribution in [0.2, 0.25) is 0 Å². The third-order valence-corrected chi connectivity index (χ3v) is 8.19. The topological polar surface area (TPSA) is 68.1 Å². The van der Waals surface area contributed by atoms with Gasteiger partial charge in [0.25, 0.3) is 0 Å². The molecule has 182 valence electrons. The van der Waals surface area contributed by atoms with Crippen LogP contribution < -0.4 is 0 Å². The Bertz CT molecular complexity index is 1240. The summed E-state index contributed by atoms with van der Waals surface area (Å²) in [6.07, 6.45) is 6.39. The maximum absolute atomic E-state index is 14.8. The van der Waals surface area contributed by atoms with E-state index in [0.29, 0.717) is 31.6 Å². The molecular formula is C26H27FN4O2S2. The summed E-state index contributed by atoms with van der Waals surface area (Å²) in [5.41, 5.74) is 5.02. The van der Waals surface area contributed by atoms with E-state index in [9.17, 15) is 14.0 Å². The molecule has 1 saturated heterocycles. The molecule has 1 aliphatic heterocycles. The van der Waals surface area contributed by atoms with Gasteiger partial charge in [0.2, 0.25) is 0 Å². The molecule has 35 heavy (non-hydrogen) atoms. The normalized spacial score (nSPS) is 20.7. The molecule has 2 aliphatic rings. The minimum atomic E-state index is -0.613. The number of hydrogen-bond donors (Lipinski definition) is 0. The zero-order chi connectivity index (χ0) is 24.4. The van der Waals surface area contributed by atoms with Gasteiger partial charge >= 0.3 is 0 Å². The van der Waals surface area contributed by atoms with Gasteiger partial charge in [-0.25, -0.2) is 9.37 Å². The zero-order valence-electron chi connectivity index (χ0n) is 19.5. The van der Waals surface area contributed by atoms with E-state index in [4.69, 9.17) is 0 Å². The Hall–Kier alpha value is -2.62. The average molecular weight is 511 g/mol. The minimum Gasteiger partial charge on any atom is -0.297 e. The summed E-state index contributed by atoms with van der Waals surface area (Å²) in [7, 11) is 0. The van der Waals surface area contributed by atoms with Crippen LogP contribution in [0.4, 0.5) is 4.39 Å². The van der Waals surface area contributed by atoms with Crippen molar-refractivity contribution in [2.24, 2.45) is 5.92 Å². The molecule has 1 saturated carbocycles. The first-order chi connectivity index (χ1) is 17.0. The van der Waals surface area contributed by atoms with Gasteiger partial charge in [0.15, 0.2) is 10.9 Å². The van der Waals surface area contributed by atoms with Crippen LogP contribution in [0.25, 0.3) is 6.08 Å². The molecule has 0 amide bonds. The molecule has 2 atom stereocenters. The predicted octanol–water partition coefficient (Wildman–Crippen LogP) is 4.98. The highest BCUT2D eigenvalue weighted by Crippen LogP contribution is 2.40. The lowest BCUT2D eigenvalue weighted by Gasteiger charge is -2.38. The van der Waals surface area contributed by atoms with Crippen molar-refractivity contribution in [1.29, 1.82) is 0 Å². The summed E-state index contributed by atoms with van der Waals surface area (Å²) in [5.74, 6) is -0.240. The second-order valence-corrected chi connectivity index (χ2v) is 11.2. The molecule has 2 fully saturated rings. The number of hydrogen-bond acceptors (Lipinski definition) is 7. The van der Waals surface area contributed by atoms with E-state index in [0.717, 1.165) is 29.8 Å². The number of Topliss-reactive ketones (excluding diaryl/α,β-unsaturated/α-hetero) is 1. The van der Waals surface area contributed by atoms with Crippen LogP contribution in [0.5, 0.6) is 0 Å². The summed E-state index contributed by atoms with van der Waals surface area (Å²) >= 11 is 2.87. The number of carbonyl (C=O) groups is 2. The van der Waals surface area contributed by atoms with Crippen molar-refractivity contribution in [2.45, 2.75) is 44.0 Å².